The standard InChI is InChI=1S/C15H22O4/c1-7-4-5-9-11(7)13-12(8(2)14(17)19-13)10(16)6-15(9,3)18/h8-10,12-13,16,18H,4-6H2,1-3H3. The van der Waals surface area contributed by atoms with Crippen LogP contribution in [-0.4, -0.2) is 34.0 Å². The molecule has 0 aromatic rings. The smallest absolute Gasteiger partial charge is 0.309 e. The van der Waals surface area contributed by atoms with Gasteiger partial charge in [-0.3, -0.25) is 4.79 Å². The number of hydrogen-bond donors (Lipinski definition) is 2. The highest BCUT2D eigenvalue weighted by Crippen LogP contribution is 2.51. The van der Waals surface area contributed by atoms with Crippen molar-refractivity contribution in [2.45, 2.75) is 57.8 Å². The summed E-state index contributed by atoms with van der Waals surface area (Å²) in [5.74, 6) is -0.723. The molecular weight excluding hydrogens is 244 g/mol. The van der Waals surface area contributed by atoms with Crippen LogP contribution < -0.4 is 0 Å². The van der Waals surface area contributed by atoms with Crippen molar-refractivity contribution in [1.82, 2.24) is 0 Å². The average molecular weight is 266 g/mol. The molecule has 2 fully saturated rings. The molecule has 106 valence electrons. The molecule has 0 spiro atoms. The van der Waals surface area contributed by atoms with Crippen molar-refractivity contribution in [2.24, 2.45) is 17.8 Å². The summed E-state index contributed by atoms with van der Waals surface area (Å²) in [6.07, 6.45) is 1.12. The second-order valence-corrected chi connectivity index (χ2v) is 6.68. The first-order chi connectivity index (χ1) is 8.83. The maximum atomic E-state index is 11.8. The summed E-state index contributed by atoms with van der Waals surface area (Å²) in [6.45, 7) is 5.67. The van der Waals surface area contributed by atoms with E-state index in [1.54, 1.807) is 6.92 Å². The van der Waals surface area contributed by atoms with Crippen molar-refractivity contribution in [3.05, 3.63) is 11.1 Å². The van der Waals surface area contributed by atoms with Gasteiger partial charge in [-0.25, -0.2) is 0 Å². The summed E-state index contributed by atoms with van der Waals surface area (Å²) in [5, 5.41) is 21.1. The molecule has 1 aliphatic heterocycles. The summed E-state index contributed by atoms with van der Waals surface area (Å²) < 4.78 is 5.54. The largest absolute Gasteiger partial charge is 0.457 e. The molecule has 1 saturated heterocycles. The number of aliphatic hydroxyl groups is 2. The fraction of sp³-hybridized carbons (Fsp3) is 0.800. The van der Waals surface area contributed by atoms with E-state index in [0.717, 1.165) is 18.4 Å². The highest BCUT2D eigenvalue weighted by atomic mass is 16.6. The van der Waals surface area contributed by atoms with Crippen molar-refractivity contribution >= 4 is 5.97 Å². The quantitative estimate of drug-likeness (QED) is 0.514. The molecule has 4 nitrogen and oxygen atoms in total. The third kappa shape index (κ3) is 1.77. The van der Waals surface area contributed by atoms with Crippen molar-refractivity contribution in [2.75, 3.05) is 0 Å². The Bertz CT molecular complexity index is 451. The van der Waals surface area contributed by atoms with Crippen molar-refractivity contribution in [3.8, 4) is 0 Å². The fourth-order valence-electron chi connectivity index (χ4n) is 4.28. The lowest BCUT2D eigenvalue weighted by Gasteiger charge is -2.31. The minimum atomic E-state index is -0.914. The topological polar surface area (TPSA) is 66.8 Å². The van der Waals surface area contributed by atoms with Crippen LogP contribution in [0.5, 0.6) is 0 Å². The zero-order valence-corrected chi connectivity index (χ0v) is 11.7. The molecule has 2 aliphatic carbocycles. The van der Waals surface area contributed by atoms with Gasteiger partial charge in [0.25, 0.3) is 0 Å². The van der Waals surface area contributed by atoms with E-state index < -0.39 is 11.7 Å². The number of ether oxygens (including phenoxy) is 1. The van der Waals surface area contributed by atoms with Crippen molar-refractivity contribution in [3.63, 3.8) is 0 Å². The van der Waals surface area contributed by atoms with E-state index in [1.807, 2.05) is 6.92 Å². The van der Waals surface area contributed by atoms with Crippen LogP contribution in [0, 0.1) is 17.8 Å². The summed E-state index contributed by atoms with van der Waals surface area (Å²) in [7, 11) is 0. The SMILES string of the molecule is CC1=C2C3OC(=O)C(C)C3C(O)CC(C)(O)C2CC1. The molecule has 4 heteroatoms. The first kappa shape index (κ1) is 13.1. The van der Waals surface area contributed by atoms with Gasteiger partial charge in [0.1, 0.15) is 6.10 Å². The van der Waals surface area contributed by atoms with Crippen LogP contribution in [0.2, 0.25) is 0 Å². The van der Waals surface area contributed by atoms with Crippen molar-refractivity contribution < 1.29 is 19.7 Å². The van der Waals surface area contributed by atoms with Crippen LogP contribution in [0.3, 0.4) is 0 Å². The molecule has 0 bridgehead atoms. The van der Waals surface area contributed by atoms with E-state index >= 15 is 0 Å². The number of esters is 1. The summed E-state index contributed by atoms with van der Waals surface area (Å²) in [5.41, 5.74) is 1.38. The van der Waals surface area contributed by atoms with Crippen LogP contribution in [-0.2, 0) is 9.53 Å². The summed E-state index contributed by atoms with van der Waals surface area (Å²) in [4.78, 5) is 11.8. The maximum Gasteiger partial charge on any atom is 0.309 e. The van der Waals surface area contributed by atoms with E-state index in [4.69, 9.17) is 4.74 Å². The minimum Gasteiger partial charge on any atom is -0.457 e. The van der Waals surface area contributed by atoms with E-state index in [0.29, 0.717) is 6.42 Å². The lowest BCUT2D eigenvalue weighted by Crippen LogP contribution is -2.38. The van der Waals surface area contributed by atoms with Gasteiger partial charge in [-0.2, -0.15) is 0 Å². The predicted molar refractivity (Wildman–Crippen MR) is 69.2 cm³/mol. The Balaban J connectivity index is 2.09. The first-order valence-electron chi connectivity index (χ1n) is 7.13. The number of rotatable bonds is 0. The van der Waals surface area contributed by atoms with Crippen molar-refractivity contribution in [1.29, 1.82) is 0 Å². The molecule has 0 aromatic heterocycles. The Kier molecular flexibility index (Phi) is 2.81. The highest BCUT2D eigenvalue weighted by Gasteiger charge is 2.56. The number of fused-ring (bicyclic) bond motifs is 3. The van der Waals surface area contributed by atoms with Gasteiger partial charge in [0.15, 0.2) is 0 Å². The van der Waals surface area contributed by atoms with Crippen LogP contribution in [0.4, 0.5) is 0 Å². The summed E-state index contributed by atoms with van der Waals surface area (Å²) >= 11 is 0. The third-order valence-electron chi connectivity index (χ3n) is 5.34. The molecule has 0 radical (unpaired) electrons. The molecule has 0 aromatic carbocycles. The Morgan fingerprint density at radius 2 is 2.11 bits per heavy atom. The lowest BCUT2D eigenvalue weighted by molar-refractivity contribution is -0.143. The zero-order chi connectivity index (χ0) is 13.9. The van der Waals surface area contributed by atoms with E-state index in [-0.39, 0.29) is 29.8 Å². The minimum absolute atomic E-state index is 0.00949. The van der Waals surface area contributed by atoms with Gasteiger partial charge in [-0.1, -0.05) is 12.5 Å². The van der Waals surface area contributed by atoms with E-state index in [1.165, 1.54) is 5.57 Å². The van der Waals surface area contributed by atoms with E-state index in [2.05, 4.69) is 6.92 Å². The second-order valence-electron chi connectivity index (χ2n) is 6.68. The van der Waals surface area contributed by atoms with Gasteiger partial charge in [-0.05, 0) is 32.3 Å². The maximum absolute atomic E-state index is 11.8. The Morgan fingerprint density at radius 3 is 2.79 bits per heavy atom. The molecule has 2 N–H and O–H groups in total. The summed E-state index contributed by atoms with van der Waals surface area (Å²) in [6, 6.07) is 0. The Hall–Kier alpha value is -0.870. The van der Waals surface area contributed by atoms with Gasteiger partial charge < -0.3 is 14.9 Å². The van der Waals surface area contributed by atoms with Gasteiger partial charge in [0.2, 0.25) is 0 Å². The number of carbonyl (C=O) groups is 1. The zero-order valence-electron chi connectivity index (χ0n) is 11.7. The molecule has 1 heterocycles. The van der Waals surface area contributed by atoms with Gasteiger partial charge >= 0.3 is 5.97 Å². The third-order valence-corrected chi connectivity index (χ3v) is 5.34. The highest BCUT2D eigenvalue weighted by molar-refractivity contribution is 5.76. The molecule has 19 heavy (non-hydrogen) atoms. The second kappa shape index (κ2) is 4.06. The number of hydrogen-bond acceptors (Lipinski definition) is 4. The van der Waals surface area contributed by atoms with Crippen LogP contribution in [0.15, 0.2) is 11.1 Å². The molecule has 6 unspecified atom stereocenters. The first-order valence-corrected chi connectivity index (χ1v) is 7.13. The van der Waals surface area contributed by atoms with Gasteiger partial charge in [0, 0.05) is 18.3 Å². The molecule has 3 aliphatic rings. The van der Waals surface area contributed by atoms with E-state index in [9.17, 15) is 15.0 Å². The van der Waals surface area contributed by atoms with Crippen LogP contribution >= 0.6 is 0 Å². The molecule has 6 atom stereocenters. The fourth-order valence-corrected chi connectivity index (χ4v) is 4.28. The Labute approximate surface area is 113 Å². The Morgan fingerprint density at radius 1 is 1.42 bits per heavy atom. The van der Waals surface area contributed by atoms with Crippen LogP contribution in [0.25, 0.3) is 0 Å². The predicted octanol–water partition coefficient (Wildman–Crippen LogP) is 1.41. The number of allylic oxidation sites excluding steroid dienone is 1. The molecular formula is C15H22O4. The van der Waals surface area contributed by atoms with Gasteiger partial charge in [0.05, 0.1) is 17.6 Å². The van der Waals surface area contributed by atoms with Crippen LogP contribution in [0.1, 0.15) is 40.0 Å². The average Bonchev–Trinajstić information content (AvgIpc) is 2.78. The number of aliphatic hydroxyl groups excluding tert-OH is 1. The number of carbonyl (C=O) groups excluding carboxylic acids is 1. The molecule has 3 rings (SSSR count). The normalized spacial score (nSPS) is 49.7. The molecule has 1 saturated carbocycles. The monoisotopic (exact) mass is 266 g/mol. The molecule has 0 amide bonds. The van der Waals surface area contributed by atoms with Gasteiger partial charge in [-0.15, -0.1) is 0 Å². The lowest BCUT2D eigenvalue weighted by atomic mass is 9.81.